The Hall–Kier alpha value is -2.45. The summed E-state index contributed by atoms with van der Waals surface area (Å²) < 4.78 is 12.8. The van der Waals surface area contributed by atoms with Crippen LogP contribution in [0.2, 0.25) is 0 Å². The van der Waals surface area contributed by atoms with Crippen LogP contribution in [0.5, 0.6) is 0 Å². The monoisotopic (exact) mass is 400 g/mol. The molecule has 1 unspecified atom stereocenters. The Morgan fingerprint density at radius 1 is 1.28 bits per heavy atom. The summed E-state index contributed by atoms with van der Waals surface area (Å²) in [7, 11) is 3.46. The first-order valence-corrected chi connectivity index (χ1v) is 10.3. The van der Waals surface area contributed by atoms with E-state index >= 15 is 0 Å². The maximum atomic E-state index is 5.72. The van der Waals surface area contributed by atoms with Crippen molar-refractivity contribution in [1.29, 1.82) is 0 Å². The Morgan fingerprint density at radius 3 is 2.86 bits per heavy atom. The highest BCUT2D eigenvalue weighted by Gasteiger charge is 2.22. The highest BCUT2D eigenvalue weighted by molar-refractivity contribution is 5.80. The number of benzene rings is 1. The molecule has 2 N–H and O–H groups in total. The molecule has 0 radical (unpaired) electrons. The lowest BCUT2D eigenvalue weighted by molar-refractivity contribution is 0.121. The number of guanidine groups is 1. The zero-order chi connectivity index (χ0) is 20.5. The Balaban J connectivity index is 1.54. The number of aromatic nitrogens is 3. The maximum Gasteiger partial charge on any atom is 0.191 e. The predicted molar refractivity (Wildman–Crippen MR) is 113 cm³/mol. The van der Waals surface area contributed by atoms with Crippen molar-refractivity contribution in [3.63, 3.8) is 0 Å². The highest BCUT2D eigenvalue weighted by Crippen LogP contribution is 2.14. The molecule has 8 nitrogen and oxygen atoms in total. The Labute approximate surface area is 172 Å². The lowest BCUT2D eigenvalue weighted by Gasteiger charge is -2.25. The highest BCUT2D eigenvalue weighted by atomic mass is 16.5. The van der Waals surface area contributed by atoms with E-state index in [0.29, 0.717) is 19.8 Å². The molecule has 0 saturated carbocycles. The van der Waals surface area contributed by atoms with Gasteiger partial charge in [0.2, 0.25) is 0 Å². The van der Waals surface area contributed by atoms with Crippen molar-refractivity contribution in [2.75, 3.05) is 20.8 Å². The zero-order valence-corrected chi connectivity index (χ0v) is 17.6. The van der Waals surface area contributed by atoms with Crippen molar-refractivity contribution in [3.05, 3.63) is 47.0 Å². The van der Waals surface area contributed by atoms with E-state index in [4.69, 9.17) is 9.47 Å². The second-order valence-electron chi connectivity index (χ2n) is 7.19. The van der Waals surface area contributed by atoms with Gasteiger partial charge in [0, 0.05) is 39.8 Å². The predicted octanol–water partition coefficient (Wildman–Crippen LogP) is 2.03. The summed E-state index contributed by atoms with van der Waals surface area (Å²) in [6.45, 7) is 5.46. The fourth-order valence-electron chi connectivity index (χ4n) is 3.43. The average Bonchev–Trinajstić information content (AvgIpc) is 3.14. The lowest BCUT2D eigenvalue weighted by Crippen LogP contribution is -2.46. The Kier molecular flexibility index (Phi) is 8.01. The van der Waals surface area contributed by atoms with Crippen molar-refractivity contribution < 1.29 is 9.47 Å². The van der Waals surface area contributed by atoms with E-state index in [1.54, 1.807) is 14.2 Å². The molecule has 0 spiro atoms. The molecule has 3 rings (SSSR count). The molecule has 2 aromatic rings. The standard InChI is InChI=1S/C21H32N6O2/c1-4-11-29-14-17-8-6-5-7-16(17)12-23-21(22-2)24-18-9-10-20-25-19(15-28-3)26-27(20)13-18/h5-8,18H,4,9-15H2,1-3H3,(H2,22,23,24). The summed E-state index contributed by atoms with van der Waals surface area (Å²) >= 11 is 0. The van der Waals surface area contributed by atoms with Crippen molar-refractivity contribution in [2.24, 2.45) is 4.99 Å². The van der Waals surface area contributed by atoms with Crippen LogP contribution in [0.3, 0.4) is 0 Å². The van der Waals surface area contributed by atoms with E-state index in [0.717, 1.165) is 50.0 Å². The van der Waals surface area contributed by atoms with Gasteiger partial charge in [0.1, 0.15) is 12.4 Å². The van der Waals surface area contributed by atoms with Gasteiger partial charge in [-0.15, -0.1) is 0 Å². The zero-order valence-electron chi connectivity index (χ0n) is 17.6. The number of aryl methyl sites for hydroxylation is 1. The van der Waals surface area contributed by atoms with Crippen LogP contribution >= 0.6 is 0 Å². The number of hydrogen-bond acceptors (Lipinski definition) is 5. The molecular weight excluding hydrogens is 368 g/mol. The molecule has 0 bridgehead atoms. The fraction of sp³-hybridized carbons (Fsp3) is 0.571. The molecule has 2 heterocycles. The number of ether oxygens (including phenoxy) is 2. The molecule has 1 aromatic heterocycles. The molecule has 1 aromatic carbocycles. The normalized spacial score (nSPS) is 16.5. The number of fused-ring (bicyclic) bond motifs is 1. The number of methoxy groups -OCH3 is 1. The summed E-state index contributed by atoms with van der Waals surface area (Å²) in [5, 5.41) is 11.5. The van der Waals surface area contributed by atoms with Crippen LogP contribution < -0.4 is 10.6 Å². The van der Waals surface area contributed by atoms with Crippen molar-refractivity contribution in [2.45, 2.75) is 58.5 Å². The smallest absolute Gasteiger partial charge is 0.191 e. The van der Waals surface area contributed by atoms with Gasteiger partial charge in [-0.2, -0.15) is 5.10 Å². The Bertz CT molecular complexity index is 804. The van der Waals surface area contributed by atoms with Gasteiger partial charge in [-0.05, 0) is 24.0 Å². The molecule has 0 fully saturated rings. The van der Waals surface area contributed by atoms with E-state index < -0.39 is 0 Å². The van der Waals surface area contributed by atoms with E-state index in [-0.39, 0.29) is 6.04 Å². The Morgan fingerprint density at radius 2 is 2.10 bits per heavy atom. The minimum Gasteiger partial charge on any atom is -0.377 e. The van der Waals surface area contributed by atoms with Crippen molar-refractivity contribution in [3.8, 4) is 0 Å². The van der Waals surface area contributed by atoms with Gasteiger partial charge in [-0.1, -0.05) is 31.2 Å². The van der Waals surface area contributed by atoms with Crippen LogP contribution in [0.15, 0.2) is 29.3 Å². The third-order valence-corrected chi connectivity index (χ3v) is 4.91. The summed E-state index contributed by atoms with van der Waals surface area (Å²) in [5.74, 6) is 2.56. The van der Waals surface area contributed by atoms with E-state index in [2.05, 4.69) is 56.9 Å². The largest absolute Gasteiger partial charge is 0.377 e. The van der Waals surface area contributed by atoms with Gasteiger partial charge in [-0.3, -0.25) is 4.99 Å². The number of hydrogen-bond donors (Lipinski definition) is 2. The summed E-state index contributed by atoms with van der Waals surface area (Å²) in [5.41, 5.74) is 2.43. The van der Waals surface area contributed by atoms with Gasteiger partial charge in [-0.25, -0.2) is 9.67 Å². The van der Waals surface area contributed by atoms with Gasteiger partial charge >= 0.3 is 0 Å². The molecule has 0 amide bonds. The van der Waals surface area contributed by atoms with Gasteiger partial charge < -0.3 is 20.1 Å². The van der Waals surface area contributed by atoms with E-state index in [1.807, 2.05) is 4.68 Å². The molecule has 8 heteroatoms. The molecule has 1 aliphatic rings. The third-order valence-electron chi connectivity index (χ3n) is 4.91. The summed E-state index contributed by atoms with van der Waals surface area (Å²) in [6, 6.07) is 8.62. The van der Waals surface area contributed by atoms with Crippen LogP contribution in [0, 0.1) is 0 Å². The SMILES string of the molecule is CCCOCc1ccccc1CNC(=NC)NC1CCc2nc(COC)nn2C1. The lowest BCUT2D eigenvalue weighted by atomic mass is 10.1. The van der Waals surface area contributed by atoms with Gasteiger partial charge in [0.15, 0.2) is 11.8 Å². The molecular formula is C21H32N6O2. The molecule has 29 heavy (non-hydrogen) atoms. The number of nitrogens with one attached hydrogen (secondary N) is 2. The maximum absolute atomic E-state index is 5.72. The first kappa shape index (κ1) is 21.3. The summed E-state index contributed by atoms with van der Waals surface area (Å²) in [4.78, 5) is 8.92. The first-order valence-electron chi connectivity index (χ1n) is 10.3. The third kappa shape index (κ3) is 6.01. The number of rotatable bonds is 9. The molecule has 158 valence electrons. The van der Waals surface area contributed by atoms with Crippen LogP contribution in [-0.2, 0) is 42.2 Å². The fourth-order valence-corrected chi connectivity index (χ4v) is 3.43. The van der Waals surface area contributed by atoms with Crippen LogP contribution in [0.1, 0.15) is 42.5 Å². The number of nitrogens with zero attached hydrogens (tertiary/aromatic N) is 4. The van der Waals surface area contributed by atoms with Crippen molar-refractivity contribution >= 4 is 5.96 Å². The first-order chi connectivity index (χ1) is 14.2. The van der Waals surface area contributed by atoms with E-state index in [1.165, 1.54) is 11.1 Å². The molecule has 0 aliphatic carbocycles. The number of aliphatic imine (C=N–C) groups is 1. The van der Waals surface area contributed by atoms with Crippen LogP contribution in [-0.4, -0.2) is 47.5 Å². The second kappa shape index (κ2) is 10.9. The average molecular weight is 401 g/mol. The quantitative estimate of drug-likeness (QED) is 0.381. The minimum atomic E-state index is 0.258. The van der Waals surface area contributed by atoms with Gasteiger partial charge in [0.25, 0.3) is 0 Å². The van der Waals surface area contributed by atoms with Crippen molar-refractivity contribution in [1.82, 2.24) is 25.4 Å². The molecule has 1 aliphatic heterocycles. The molecule has 0 saturated heterocycles. The van der Waals surface area contributed by atoms with Crippen LogP contribution in [0.25, 0.3) is 0 Å². The van der Waals surface area contributed by atoms with Crippen LogP contribution in [0.4, 0.5) is 0 Å². The summed E-state index contributed by atoms with van der Waals surface area (Å²) in [6.07, 6.45) is 2.91. The molecule has 1 atom stereocenters. The van der Waals surface area contributed by atoms with E-state index in [9.17, 15) is 0 Å². The van der Waals surface area contributed by atoms with Gasteiger partial charge in [0.05, 0.1) is 13.2 Å². The minimum absolute atomic E-state index is 0.258. The second-order valence-corrected chi connectivity index (χ2v) is 7.19. The topological polar surface area (TPSA) is 85.6 Å².